The van der Waals surface area contributed by atoms with Crippen LogP contribution in [0, 0.1) is 32.1 Å². The number of benzene rings is 3. The van der Waals surface area contributed by atoms with Crippen LogP contribution in [0.15, 0.2) is 54.6 Å². The van der Waals surface area contributed by atoms with Gasteiger partial charge in [0.1, 0.15) is 17.1 Å². The van der Waals surface area contributed by atoms with Crippen LogP contribution in [-0.4, -0.2) is 26.7 Å². The lowest BCUT2D eigenvalue weighted by molar-refractivity contribution is -0.154. The Labute approximate surface area is 235 Å². The third-order valence-electron chi connectivity index (χ3n) is 10.6. The predicted octanol–water partition coefficient (Wildman–Crippen LogP) is 6.80. The highest BCUT2D eigenvalue weighted by Gasteiger charge is 2.66. The van der Waals surface area contributed by atoms with Gasteiger partial charge >= 0.3 is 0 Å². The molecule has 0 spiro atoms. The number of allylic oxidation sites excluding steroid dienone is 2. The van der Waals surface area contributed by atoms with Crippen molar-refractivity contribution in [1.82, 2.24) is 0 Å². The Balaban J connectivity index is 1.54. The van der Waals surface area contributed by atoms with Crippen LogP contribution in [0.3, 0.4) is 0 Å². The van der Waals surface area contributed by atoms with Crippen molar-refractivity contribution >= 4 is 11.4 Å². The molecule has 204 valence electrons. The summed E-state index contributed by atoms with van der Waals surface area (Å²) in [5.74, 6) is -0.189. The number of hydrogen-bond acceptors (Lipinski definition) is 4. The number of carbonyl (C=O) groups is 1. The third-order valence-corrected chi connectivity index (χ3v) is 10.6. The molecule has 0 amide bonds. The number of aliphatic hydroxyl groups is 1. The molecular formula is C36H36O4. The monoisotopic (exact) mass is 532 g/mol. The number of aryl methyl sites for hydroxylation is 4. The lowest BCUT2D eigenvalue weighted by Gasteiger charge is -2.59. The topological polar surface area (TPSA) is 77.8 Å². The maximum atomic E-state index is 14.6. The van der Waals surface area contributed by atoms with Crippen molar-refractivity contribution in [3.63, 3.8) is 0 Å². The van der Waals surface area contributed by atoms with Gasteiger partial charge in [-0.1, -0.05) is 41.5 Å². The number of hydrogen-bond donors (Lipinski definition) is 3. The van der Waals surface area contributed by atoms with Gasteiger partial charge in [-0.2, -0.15) is 0 Å². The first-order valence-electron chi connectivity index (χ1n) is 14.4. The summed E-state index contributed by atoms with van der Waals surface area (Å²) in [5, 5.41) is 33.1. The highest BCUT2D eigenvalue weighted by atomic mass is 16.3. The summed E-state index contributed by atoms with van der Waals surface area (Å²) < 4.78 is 0. The number of fused-ring (bicyclic) bond motifs is 6. The van der Waals surface area contributed by atoms with Crippen LogP contribution in [-0.2, 0) is 24.1 Å². The van der Waals surface area contributed by atoms with E-state index < -0.39 is 11.0 Å². The minimum atomic E-state index is -1.49. The Morgan fingerprint density at radius 1 is 0.900 bits per heavy atom. The molecule has 4 unspecified atom stereocenters. The zero-order valence-electron chi connectivity index (χ0n) is 23.7. The van der Waals surface area contributed by atoms with Crippen LogP contribution in [0.1, 0.15) is 70.2 Å². The molecule has 8 rings (SSSR count). The van der Waals surface area contributed by atoms with Gasteiger partial charge in [-0.3, -0.25) is 4.79 Å². The molecule has 0 heterocycles. The third kappa shape index (κ3) is 3.03. The van der Waals surface area contributed by atoms with Crippen LogP contribution in [0.4, 0.5) is 0 Å². The van der Waals surface area contributed by atoms with Gasteiger partial charge in [0.25, 0.3) is 0 Å². The van der Waals surface area contributed by atoms with Crippen molar-refractivity contribution in [2.45, 2.75) is 71.3 Å². The van der Waals surface area contributed by atoms with Gasteiger partial charge in [-0.05, 0) is 128 Å². The first-order chi connectivity index (χ1) is 19.0. The van der Waals surface area contributed by atoms with Crippen LogP contribution in [0.25, 0.3) is 16.7 Å². The van der Waals surface area contributed by atoms with Gasteiger partial charge in [0.2, 0.25) is 0 Å². The molecule has 2 bridgehead atoms. The van der Waals surface area contributed by atoms with E-state index >= 15 is 0 Å². The summed E-state index contributed by atoms with van der Waals surface area (Å²) in [6, 6.07) is 12.2. The van der Waals surface area contributed by atoms with Crippen LogP contribution < -0.4 is 0 Å². The molecule has 4 heteroatoms. The molecule has 0 saturated heterocycles. The quantitative estimate of drug-likeness (QED) is 0.317. The molecule has 3 N–H and O–H groups in total. The Morgan fingerprint density at radius 3 is 2.40 bits per heavy atom. The van der Waals surface area contributed by atoms with E-state index in [2.05, 4.69) is 25.6 Å². The normalized spacial score (nSPS) is 28.1. The molecule has 40 heavy (non-hydrogen) atoms. The minimum absolute atomic E-state index is 0.198. The molecular weight excluding hydrogens is 496 g/mol. The van der Waals surface area contributed by atoms with Crippen molar-refractivity contribution in [2.75, 3.05) is 0 Å². The summed E-state index contributed by atoms with van der Waals surface area (Å²) >= 11 is 0. The van der Waals surface area contributed by atoms with Crippen LogP contribution >= 0.6 is 0 Å². The number of phenolic OH excluding ortho intramolecular Hbond substituents is 2. The number of phenols is 2. The van der Waals surface area contributed by atoms with E-state index in [9.17, 15) is 20.1 Å². The Bertz CT molecular complexity index is 1700. The van der Waals surface area contributed by atoms with Crippen molar-refractivity contribution in [3.8, 4) is 22.6 Å². The highest BCUT2D eigenvalue weighted by molar-refractivity contribution is 6.10. The number of rotatable bonds is 2. The van der Waals surface area contributed by atoms with E-state index in [0.29, 0.717) is 12.2 Å². The summed E-state index contributed by atoms with van der Waals surface area (Å²) in [4.78, 5) is 14.6. The van der Waals surface area contributed by atoms with Crippen LogP contribution in [0.2, 0.25) is 0 Å². The molecule has 5 aliphatic carbocycles. The van der Waals surface area contributed by atoms with Gasteiger partial charge in [-0.15, -0.1) is 6.58 Å². The molecule has 1 fully saturated rings. The van der Waals surface area contributed by atoms with Crippen LogP contribution in [0.5, 0.6) is 11.5 Å². The lowest BCUT2D eigenvalue weighted by Crippen LogP contribution is -2.62. The summed E-state index contributed by atoms with van der Waals surface area (Å²) in [6.07, 6.45) is 5.79. The maximum absolute atomic E-state index is 14.6. The average Bonchev–Trinajstić information content (AvgIpc) is 2.92. The molecule has 4 nitrogen and oxygen atoms in total. The largest absolute Gasteiger partial charge is 0.508 e. The first kappa shape index (κ1) is 25.3. The van der Waals surface area contributed by atoms with Crippen molar-refractivity contribution in [1.29, 1.82) is 0 Å². The Morgan fingerprint density at radius 2 is 1.65 bits per heavy atom. The van der Waals surface area contributed by atoms with Gasteiger partial charge in [0.05, 0.1) is 5.41 Å². The summed E-state index contributed by atoms with van der Waals surface area (Å²) in [6.45, 7) is 12.0. The Hall–Kier alpha value is -3.63. The van der Waals surface area contributed by atoms with E-state index in [0.717, 1.165) is 86.9 Å². The Kier molecular flexibility index (Phi) is 5.20. The fourth-order valence-corrected chi connectivity index (χ4v) is 8.72. The standard InChI is InChI=1S/C36H36O4/c1-6-36-29(27-14-18(2)13-22-8-9-23-20(4)30(37)12-11-24(23)32(22)27)17-28(35(5,40)34(36)39)25-10-7-21-15-19(3)31(38)16-26(21)33(25)36/h6,11-16,28-29,37-38,40H,1,7-10,17H2,2-5H3. The number of carbonyl (C=O) groups excluding carboxylic acids is 1. The molecule has 3 aromatic carbocycles. The summed E-state index contributed by atoms with van der Waals surface area (Å²) in [7, 11) is 0. The van der Waals surface area contributed by atoms with Gasteiger partial charge in [-0.25, -0.2) is 0 Å². The average molecular weight is 533 g/mol. The fourth-order valence-electron chi connectivity index (χ4n) is 8.72. The van der Waals surface area contributed by atoms with E-state index in [1.165, 1.54) is 5.56 Å². The molecule has 0 aliphatic heterocycles. The molecule has 0 aromatic heterocycles. The lowest BCUT2D eigenvalue weighted by atomic mass is 9.44. The first-order valence-corrected chi connectivity index (χ1v) is 14.4. The van der Waals surface area contributed by atoms with Crippen molar-refractivity contribution in [3.05, 3.63) is 99.1 Å². The van der Waals surface area contributed by atoms with E-state index in [1.807, 2.05) is 32.0 Å². The van der Waals surface area contributed by atoms with Gasteiger partial charge in [0, 0.05) is 11.8 Å². The second-order valence-corrected chi connectivity index (χ2v) is 12.7. The molecule has 5 aliphatic rings. The van der Waals surface area contributed by atoms with E-state index in [-0.39, 0.29) is 23.4 Å². The fraction of sp³-hybridized carbons (Fsp3) is 0.361. The van der Waals surface area contributed by atoms with Gasteiger partial charge in [0.15, 0.2) is 5.78 Å². The van der Waals surface area contributed by atoms with E-state index in [4.69, 9.17) is 0 Å². The highest BCUT2D eigenvalue weighted by Crippen LogP contribution is 2.67. The number of aromatic hydroxyl groups is 2. The zero-order valence-corrected chi connectivity index (χ0v) is 23.7. The predicted molar refractivity (Wildman–Crippen MR) is 158 cm³/mol. The zero-order chi connectivity index (χ0) is 28.3. The summed E-state index contributed by atoms with van der Waals surface area (Å²) in [5.41, 5.74) is 10.2. The number of ketones is 1. The van der Waals surface area contributed by atoms with Crippen molar-refractivity contribution < 1.29 is 20.1 Å². The van der Waals surface area contributed by atoms with E-state index in [1.54, 1.807) is 19.1 Å². The molecule has 3 aromatic rings. The minimum Gasteiger partial charge on any atom is -0.508 e. The smallest absolute Gasteiger partial charge is 0.179 e. The second kappa shape index (κ2) is 8.20. The molecule has 4 atom stereocenters. The number of Topliss-reactive ketones (excluding diaryl/α,β-unsaturated/α-hetero) is 1. The SMILES string of the molecule is C=CC12C(=O)C(C)(O)C(CC1c1cc(C)cc3c1-c1ccc(O)c(C)c1CC3)C1=C2c2cc(O)c(C)cc2CC1. The molecule has 1 saturated carbocycles. The van der Waals surface area contributed by atoms with Gasteiger partial charge < -0.3 is 15.3 Å². The maximum Gasteiger partial charge on any atom is 0.179 e. The van der Waals surface area contributed by atoms with Crippen molar-refractivity contribution in [2.24, 2.45) is 11.3 Å². The molecule has 0 radical (unpaired) electrons. The second-order valence-electron chi connectivity index (χ2n) is 12.7.